The van der Waals surface area contributed by atoms with Crippen molar-refractivity contribution >= 4 is 27.5 Å². The van der Waals surface area contributed by atoms with E-state index in [1.165, 1.54) is 22.2 Å². The lowest BCUT2D eigenvalue weighted by molar-refractivity contribution is -0.122. The number of carbonyl (C=O) groups is 1. The Morgan fingerprint density at radius 3 is 2.90 bits per heavy atom. The molecule has 1 N–H and O–H groups in total. The van der Waals surface area contributed by atoms with E-state index < -0.39 is 0 Å². The summed E-state index contributed by atoms with van der Waals surface area (Å²) in [4.78, 5) is 30.3. The second kappa shape index (κ2) is 6.17. The number of fused-ring (bicyclic) bond motifs is 1. The number of hydrogen-bond acceptors (Lipinski definition) is 4. The Morgan fingerprint density at radius 2 is 2.25 bits per heavy atom. The van der Waals surface area contributed by atoms with E-state index in [0.29, 0.717) is 5.39 Å². The molecule has 108 valence electrons. The minimum absolute atomic E-state index is 0.0173. The molecule has 2 rings (SSSR count). The molecule has 5 nitrogen and oxygen atoms in total. The van der Waals surface area contributed by atoms with E-state index in [2.05, 4.69) is 10.3 Å². The van der Waals surface area contributed by atoms with Crippen LogP contribution in [0.1, 0.15) is 32.1 Å². The number of hydrogen-bond donors (Lipinski definition) is 1. The van der Waals surface area contributed by atoms with Gasteiger partial charge in [-0.15, -0.1) is 11.3 Å². The third-order valence-electron chi connectivity index (χ3n) is 3.25. The molecule has 0 aliphatic heterocycles. The molecule has 2 heterocycles. The van der Waals surface area contributed by atoms with E-state index in [4.69, 9.17) is 0 Å². The SMILES string of the molecule is CCc1cc2c(=O)n(CC(=O)NC(C)CC)cnc2s1. The smallest absolute Gasteiger partial charge is 0.262 e. The molecule has 0 radical (unpaired) electrons. The van der Waals surface area contributed by atoms with Gasteiger partial charge >= 0.3 is 0 Å². The van der Waals surface area contributed by atoms with Gasteiger partial charge in [-0.2, -0.15) is 0 Å². The fourth-order valence-electron chi connectivity index (χ4n) is 1.87. The van der Waals surface area contributed by atoms with E-state index in [1.807, 2.05) is 26.8 Å². The molecular weight excluding hydrogens is 274 g/mol. The highest BCUT2D eigenvalue weighted by atomic mass is 32.1. The van der Waals surface area contributed by atoms with Crippen LogP contribution in [-0.2, 0) is 17.8 Å². The van der Waals surface area contributed by atoms with Gasteiger partial charge in [0.25, 0.3) is 5.56 Å². The standard InChI is InChI=1S/C14H19N3O2S/c1-4-9(3)16-12(18)7-17-8-15-13-11(14(17)19)6-10(5-2)20-13/h6,8-9H,4-5,7H2,1-3H3,(H,16,18). The average molecular weight is 293 g/mol. The highest BCUT2D eigenvalue weighted by Crippen LogP contribution is 2.20. The summed E-state index contributed by atoms with van der Waals surface area (Å²) < 4.78 is 1.37. The van der Waals surface area contributed by atoms with Gasteiger partial charge in [-0.05, 0) is 25.8 Å². The molecule has 0 aliphatic carbocycles. The predicted octanol–water partition coefficient (Wildman–Crippen LogP) is 1.94. The lowest BCUT2D eigenvalue weighted by atomic mass is 10.2. The first-order valence-electron chi connectivity index (χ1n) is 6.82. The van der Waals surface area contributed by atoms with E-state index >= 15 is 0 Å². The van der Waals surface area contributed by atoms with Crippen molar-refractivity contribution in [2.24, 2.45) is 0 Å². The van der Waals surface area contributed by atoms with Crippen LogP contribution >= 0.6 is 11.3 Å². The normalized spacial score (nSPS) is 12.6. The van der Waals surface area contributed by atoms with Crippen LogP contribution in [0.2, 0.25) is 0 Å². The maximum atomic E-state index is 12.3. The van der Waals surface area contributed by atoms with Gasteiger partial charge in [0.2, 0.25) is 5.91 Å². The van der Waals surface area contributed by atoms with Crippen molar-refractivity contribution in [1.29, 1.82) is 0 Å². The number of carbonyl (C=O) groups excluding carboxylic acids is 1. The predicted molar refractivity (Wildman–Crippen MR) is 81.2 cm³/mol. The Morgan fingerprint density at radius 1 is 1.50 bits per heavy atom. The van der Waals surface area contributed by atoms with Crippen LogP contribution in [0.15, 0.2) is 17.2 Å². The molecule has 0 saturated carbocycles. The Kier molecular flexibility index (Phi) is 4.54. The van der Waals surface area contributed by atoms with Gasteiger partial charge in [-0.3, -0.25) is 14.2 Å². The number of aromatic nitrogens is 2. The summed E-state index contributed by atoms with van der Waals surface area (Å²) in [7, 11) is 0. The van der Waals surface area contributed by atoms with E-state index in [9.17, 15) is 9.59 Å². The van der Waals surface area contributed by atoms with E-state index in [1.54, 1.807) is 0 Å². The molecular formula is C14H19N3O2S. The number of amides is 1. The first-order valence-corrected chi connectivity index (χ1v) is 7.64. The van der Waals surface area contributed by atoms with Gasteiger partial charge in [0, 0.05) is 10.9 Å². The molecule has 0 saturated heterocycles. The number of aryl methyl sites for hydroxylation is 1. The molecule has 0 aromatic carbocycles. The topological polar surface area (TPSA) is 64.0 Å². The van der Waals surface area contributed by atoms with Crippen molar-refractivity contribution in [3.8, 4) is 0 Å². The molecule has 1 amide bonds. The second-order valence-corrected chi connectivity index (χ2v) is 5.95. The molecule has 20 heavy (non-hydrogen) atoms. The molecule has 0 spiro atoms. The minimum Gasteiger partial charge on any atom is -0.352 e. The minimum atomic E-state index is -0.159. The van der Waals surface area contributed by atoms with Gasteiger partial charge in [0.05, 0.1) is 11.7 Å². The zero-order valence-electron chi connectivity index (χ0n) is 12.0. The van der Waals surface area contributed by atoms with Gasteiger partial charge in [-0.25, -0.2) is 4.98 Å². The fraction of sp³-hybridized carbons (Fsp3) is 0.500. The summed E-state index contributed by atoms with van der Waals surface area (Å²) >= 11 is 1.53. The van der Waals surface area contributed by atoms with Crippen molar-refractivity contribution in [2.75, 3.05) is 0 Å². The molecule has 1 atom stereocenters. The van der Waals surface area contributed by atoms with Gasteiger partial charge in [0.1, 0.15) is 11.4 Å². The largest absolute Gasteiger partial charge is 0.352 e. The Hall–Kier alpha value is -1.69. The summed E-state index contributed by atoms with van der Waals surface area (Å²) in [5.74, 6) is -0.159. The van der Waals surface area contributed by atoms with Gasteiger partial charge < -0.3 is 5.32 Å². The Bertz CT molecular complexity index is 675. The molecule has 1 unspecified atom stereocenters. The molecule has 2 aromatic heterocycles. The maximum absolute atomic E-state index is 12.3. The van der Waals surface area contributed by atoms with Crippen LogP contribution in [-0.4, -0.2) is 21.5 Å². The summed E-state index contributed by atoms with van der Waals surface area (Å²) in [6.45, 7) is 6.00. The zero-order chi connectivity index (χ0) is 14.7. The Labute approximate surface area is 121 Å². The second-order valence-electron chi connectivity index (χ2n) is 4.84. The molecule has 2 aromatic rings. The van der Waals surface area contributed by atoms with Crippen LogP contribution in [0.5, 0.6) is 0 Å². The van der Waals surface area contributed by atoms with E-state index in [0.717, 1.165) is 22.5 Å². The van der Waals surface area contributed by atoms with Crippen molar-refractivity contribution in [2.45, 2.75) is 46.2 Å². The number of nitrogens with zero attached hydrogens (tertiary/aromatic N) is 2. The monoisotopic (exact) mass is 293 g/mol. The van der Waals surface area contributed by atoms with Crippen LogP contribution < -0.4 is 10.9 Å². The van der Waals surface area contributed by atoms with Crippen LogP contribution in [0.3, 0.4) is 0 Å². The quantitative estimate of drug-likeness (QED) is 0.916. The van der Waals surface area contributed by atoms with Crippen LogP contribution in [0, 0.1) is 0 Å². The summed E-state index contributed by atoms with van der Waals surface area (Å²) in [5.41, 5.74) is -0.148. The van der Waals surface area contributed by atoms with Gasteiger partial charge in [-0.1, -0.05) is 13.8 Å². The summed E-state index contributed by atoms with van der Waals surface area (Å²) in [6.07, 6.45) is 3.20. The molecule has 0 bridgehead atoms. The van der Waals surface area contributed by atoms with Crippen molar-refractivity contribution in [3.05, 3.63) is 27.6 Å². The van der Waals surface area contributed by atoms with Crippen molar-refractivity contribution in [1.82, 2.24) is 14.9 Å². The fourth-order valence-corrected chi connectivity index (χ4v) is 2.80. The third kappa shape index (κ3) is 3.07. The van der Waals surface area contributed by atoms with E-state index in [-0.39, 0.29) is 24.1 Å². The molecule has 6 heteroatoms. The zero-order valence-corrected chi connectivity index (χ0v) is 12.8. The maximum Gasteiger partial charge on any atom is 0.262 e. The van der Waals surface area contributed by atoms with Crippen LogP contribution in [0.4, 0.5) is 0 Å². The summed E-state index contributed by atoms with van der Waals surface area (Å²) in [6, 6.07) is 1.99. The highest BCUT2D eigenvalue weighted by molar-refractivity contribution is 7.18. The van der Waals surface area contributed by atoms with Crippen molar-refractivity contribution in [3.63, 3.8) is 0 Å². The number of thiophene rings is 1. The first kappa shape index (κ1) is 14.7. The lowest BCUT2D eigenvalue weighted by Gasteiger charge is -2.11. The summed E-state index contributed by atoms with van der Waals surface area (Å²) in [5, 5.41) is 3.45. The number of nitrogens with one attached hydrogen (secondary N) is 1. The van der Waals surface area contributed by atoms with Crippen molar-refractivity contribution < 1.29 is 4.79 Å². The molecule has 0 aliphatic rings. The first-order chi connectivity index (χ1) is 9.55. The lowest BCUT2D eigenvalue weighted by Crippen LogP contribution is -2.37. The highest BCUT2D eigenvalue weighted by Gasteiger charge is 2.11. The number of rotatable bonds is 5. The average Bonchev–Trinajstić information content (AvgIpc) is 2.86. The van der Waals surface area contributed by atoms with Gasteiger partial charge in [0.15, 0.2) is 0 Å². The Balaban J connectivity index is 2.25. The molecule has 0 fully saturated rings. The third-order valence-corrected chi connectivity index (χ3v) is 4.44. The van der Waals surface area contributed by atoms with Crippen LogP contribution in [0.25, 0.3) is 10.2 Å².